The summed E-state index contributed by atoms with van der Waals surface area (Å²) < 4.78 is 3.80. The molecule has 0 fully saturated rings. The van der Waals surface area contributed by atoms with Crippen molar-refractivity contribution in [3.8, 4) is 11.3 Å². The molecule has 0 aliphatic rings. The van der Waals surface area contributed by atoms with Gasteiger partial charge in [0.2, 0.25) is 0 Å². The van der Waals surface area contributed by atoms with Gasteiger partial charge in [0.15, 0.2) is 5.65 Å². The number of amides is 1. The summed E-state index contributed by atoms with van der Waals surface area (Å²) in [6, 6.07) is 10.2. The molecule has 0 unspecified atom stereocenters. The first-order valence-corrected chi connectivity index (χ1v) is 11.6. The number of benzene rings is 1. The van der Waals surface area contributed by atoms with Gasteiger partial charge >= 0.3 is 0 Å². The molecular weight excluding hydrogens is 412 g/mol. The van der Waals surface area contributed by atoms with Gasteiger partial charge in [-0.15, -0.1) is 0 Å². The molecule has 3 heterocycles. The predicted molar refractivity (Wildman–Crippen MR) is 131 cm³/mol. The lowest BCUT2D eigenvalue weighted by molar-refractivity contribution is 0.0754. The Hall–Kier alpha value is -3.48. The molecule has 0 saturated carbocycles. The van der Waals surface area contributed by atoms with E-state index in [1.54, 1.807) is 0 Å². The van der Waals surface area contributed by atoms with Gasteiger partial charge in [-0.05, 0) is 47.6 Å². The average molecular weight is 445 g/mol. The molecule has 3 aromatic heterocycles. The zero-order valence-electron chi connectivity index (χ0n) is 20.4. The van der Waals surface area contributed by atoms with Crippen molar-refractivity contribution in [1.29, 1.82) is 0 Å². The van der Waals surface area contributed by atoms with Crippen LogP contribution in [0.4, 0.5) is 0 Å². The fraction of sp³-hybridized carbons (Fsp3) is 0.385. The molecule has 0 aliphatic carbocycles. The molecule has 0 bridgehead atoms. The summed E-state index contributed by atoms with van der Waals surface area (Å²) in [7, 11) is 0. The van der Waals surface area contributed by atoms with Crippen LogP contribution in [0.1, 0.15) is 53.6 Å². The third-order valence-corrected chi connectivity index (χ3v) is 6.16. The molecule has 0 spiro atoms. The predicted octanol–water partition coefficient (Wildman–Crippen LogP) is 4.92. The minimum Gasteiger partial charge on any atom is -0.334 e. The Labute approximate surface area is 195 Å². The van der Waals surface area contributed by atoms with Crippen LogP contribution in [0.15, 0.2) is 36.5 Å². The maximum Gasteiger partial charge on any atom is 0.255 e. The van der Waals surface area contributed by atoms with Gasteiger partial charge in [0.05, 0.1) is 28.0 Å². The molecule has 4 rings (SSSR count). The van der Waals surface area contributed by atoms with E-state index in [9.17, 15) is 4.79 Å². The maximum atomic E-state index is 13.9. The van der Waals surface area contributed by atoms with Gasteiger partial charge in [-0.3, -0.25) is 9.48 Å². The van der Waals surface area contributed by atoms with Gasteiger partial charge < -0.3 is 4.90 Å². The third kappa shape index (κ3) is 4.27. The van der Waals surface area contributed by atoms with E-state index in [4.69, 9.17) is 4.98 Å². The lowest BCUT2D eigenvalue weighted by Crippen LogP contribution is -2.30. The molecular formula is C26H32N6O. The van der Waals surface area contributed by atoms with E-state index in [1.165, 1.54) is 5.56 Å². The number of fused-ring (bicyclic) bond motifs is 1. The van der Waals surface area contributed by atoms with Crippen LogP contribution in [0, 0.1) is 20.8 Å². The number of hydrogen-bond donors (Lipinski definition) is 0. The Morgan fingerprint density at radius 1 is 0.970 bits per heavy atom. The normalized spacial score (nSPS) is 11.3. The number of nitrogens with zero attached hydrogens (tertiary/aromatic N) is 6. The van der Waals surface area contributed by atoms with Crippen molar-refractivity contribution in [2.75, 3.05) is 6.54 Å². The summed E-state index contributed by atoms with van der Waals surface area (Å²) in [4.78, 5) is 20.7. The zero-order valence-corrected chi connectivity index (χ0v) is 20.4. The molecule has 0 N–H and O–H groups in total. The second-order valence-electron chi connectivity index (χ2n) is 8.44. The van der Waals surface area contributed by atoms with Crippen LogP contribution in [0.5, 0.6) is 0 Å². The minimum atomic E-state index is -0.0133. The van der Waals surface area contributed by atoms with Crippen LogP contribution in [0.3, 0.4) is 0 Å². The molecule has 0 saturated heterocycles. The van der Waals surface area contributed by atoms with Crippen molar-refractivity contribution >= 4 is 16.9 Å². The Balaban J connectivity index is 1.83. The van der Waals surface area contributed by atoms with Gasteiger partial charge in [0.25, 0.3) is 5.91 Å². The second-order valence-corrected chi connectivity index (χ2v) is 8.44. The minimum absolute atomic E-state index is 0.0133. The molecule has 0 aliphatic heterocycles. The Morgan fingerprint density at radius 2 is 1.70 bits per heavy atom. The third-order valence-electron chi connectivity index (χ3n) is 6.16. The van der Waals surface area contributed by atoms with Gasteiger partial charge in [-0.1, -0.05) is 29.8 Å². The van der Waals surface area contributed by atoms with Crippen LogP contribution >= 0.6 is 0 Å². The van der Waals surface area contributed by atoms with E-state index >= 15 is 0 Å². The van der Waals surface area contributed by atoms with Crippen LogP contribution in [-0.2, 0) is 19.6 Å². The lowest BCUT2D eigenvalue weighted by Gasteiger charge is -2.21. The highest BCUT2D eigenvalue weighted by atomic mass is 16.2. The van der Waals surface area contributed by atoms with E-state index in [0.717, 1.165) is 45.8 Å². The molecule has 33 heavy (non-hydrogen) atoms. The maximum absolute atomic E-state index is 13.9. The van der Waals surface area contributed by atoms with Crippen LogP contribution in [0.25, 0.3) is 22.3 Å². The Bertz CT molecular complexity index is 1300. The van der Waals surface area contributed by atoms with Crippen molar-refractivity contribution in [3.63, 3.8) is 0 Å². The Morgan fingerprint density at radius 3 is 2.30 bits per heavy atom. The molecule has 1 amide bonds. The van der Waals surface area contributed by atoms with Gasteiger partial charge in [-0.25, -0.2) is 9.67 Å². The lowest BCUT2D eigenvalue weighted by atomic mass is 10.0. The fourth-order valence-electron chi connectivity index (χ4n) is 4.19. The number of rotatable bonds is 7. The number of aryl methyl sites for hydroxylation is 5. The number of carbonyl (C=O) groups excluding carboxylic acids is 1. The van der Waals surface area contributed by atoms with Gasteiger partial charge in [0, 0.05) is 43.5 Å². The number of carbonyl (C=O) groups is 1. The highest BCUT2D eigenvalue weighted by Crippen LogP contribution is 2.29. The SMILES string of the molecule is CCN(Cc1cn(CC)nc1C)C(=O)c1cc(-c2ccc(C)cc2)nc2c1c(C)nn2CC. The van der Waals surface area contributed by atoms with Gasteiger partial charge in [-0.2, -0.15) is 10.2 Å². The van der Waals surface area contributed by atoms with Crippen molar-refractivity contribution < 1.29 is 4.79 Å². The van der Waals surface area contributed by atoms with Crippen LogP contribution < -0.4 is 0 Å². The fourth-order valence-corrected chi connectivity index (χ4v) is 4.19. The largest absolute Gasteiger partial charge is 0.334 e. The molecule has 7 heteroatoms. The average Bonchev–Trinajstić information content (AvgIpc) is 3.35. The summed E-state index contributed by atoms with van der Waals surface area (Å²) >= 11 is 0. The van der Waals surface area contributed by atoms with Crippen molar-refractivity contribution in [2.45, 2.75) is 61.2 Å². The molecule has 0 radical (unpaired) electrons. The first-order chi connectivity index (χ1) is 15.9. The van der Waals surface area contributed by atoms with E-state index < -0.39 is 0 Å². The highest BCUT2D eigenvalue weighted by Gasteiger charge is 2.24. The van der Waals surface area contributed by atoms with E-state index in [2.05, 4.69) is 48.3 Å². The van der Waals surface area contributed by atoms with Gasteiger partial charge in [0.1, 0.15) is 0 Å². The standard InChI is InChI=1S/C26H32N6O/c1-7-30(15-21-16-31(8-2)28-18(21)5)26(33)22-14-23(20-12-10-17(4)11-13-20)27-25-24(22)19(6)29-32(25)9-3/h10-14,16H,7-9,15H2,1-6H3. The molecule has 4 aromatic rings. The number of pyridine rings is 1. The number of aromatic nitrogens is 5. The molecule has 1 aromatic carbocycles. The van der Waals surface area contributed by atoms with E-state index in [-0.39, 0.29) is 5.91 Å². The molecule has 7 nitrogen and oxygen atoms in total. The zero-order chi connectivity index (χ0) is 23.7. The Kier molecular flexibility index (Phi) is 6.31. The summed E-state index contributed by atoms with van der Waals surface area (Å²) in [6.45, 7) is 14.7. The molecule has 172 valence electrons. The topological polar surface area (TPSA) is 68.8 Å². The summed E-state index contributed by atoms with van der Waals surface area (Å²) in [5.41, 5.74) is 7.20. The first kappa shape index (κ1) is 22.7. The molecule has 0 atom stereocenters. The summed E-state index contributed by atoms with van der Waals surface area (Å²) in [5, 5.41) is 10.0. The van der Waals surface area contributed by atoms with E-state index in [1.807, 2.05) is 54.2 Å². The second kappa shape index (κ2) is 9.17. The van der Waals surface area contributed by atoms with Crippen molar-refractivity contribution in [1.82, 2.24) is 29.4 Å². The summed E-state index contributed by atoms with van der Waals surface area (Å²) in [5.74, 6) is -0.0133. The number of hydrogen-bond acceptors (Lipinski definition) is 4. The van der Waals surface area contributed by atoms with E-state index in [0.29, 0.717) is 25.2 Å². The quantitative estimate of drug-likeness (QED) is 0.406. The van der Waals surface area contributed by atoms with Crippen LogP contribution in [0.2, 0.25) is 0 Å². The smallest absolute Gasteiger partial charge is 0.255 e. The highest BCUT2D eigenvalue weighted by molar-refractivity contribution is 6.07. The summed E-state index contributed by atoms with van der Waals surface area (Å²) in [6.07, 6.45) is 2.03. The first-order valence-electron chi connectivity index (χ1n) is 11.6. The van der Waals surface area contributed by atoms with Crippen molar-refractivity contribution in [2.24, 2.45) is 0 Å². The van der Waals surface area contributed by atoms with Crippen LogP contribution in [-0.4, -0.2) is 41.9 Å². The van der Waals surface area contributed by atoms with Crippen molar-refractivity contribution in [3.05, 3.63) is 64.6 Å². The monoisotopic (exact) mass is 444 g/mol.